The number of hydrogen-bond donors (Lipinski definition) is 2. The number of nitrogens with zero attached hydrogens (tertiary/aromatic N) is 4. The van der Waals surface area contributed by atoms with Gasteiger partial charge in [0.25, 0.3) is 0 Å². The van der Waals surface area contributed by atoms with Gasteiger partial charge in [-0.3, -0.25) is 4.79 Å². The molecule has 1 aromatic heterocycles. The van der Waals surface area contributed by atoms with Crippen LogP contribution in [0.25, 0.3) is 5.69 Å². The summed E-state index contributed by atoms with van der Waals surface area (Å²) in [5.41, 5.74) is 8.38. The lowest BCUT2D eigenvalue weighted by Gasteiger charge is -2.15. The fourth-order valence-corrected chi connectivity index (χ4v) is 2.06. The van der Waals surface area contributed by atoms with Crippen molar-refractivity contribution in [3.05, 3.63) is 30.1 Å². The van der Waals surface area contributed by atoms with Crippen molar-refractivity contribution in [2.45, 2.75) is 33.2 Å². The van der Waals surface area contributed by atoms with Crippen LogP contribution < -0.4 is 11.1 Å². The summed E-state index contributed by atoms with van der Waals surface area (Å²) in [6.07, 6.45) is 2.16. The summed E-state index contributed by atoms with van der Waals surface area (Å²) in [5.74, 6) is 0.191. The van der Waals surface area contributed by atoms with E-state index < -0.39 is 6.04 Å². The summed E-state index contributed by atoms with van der Waals surface area (Å²) in [6, 6.07) is 5.05. The van der Waals surface area contributed by atoms with Crippen LogP contribution in [0, 0.1) is 12.8 Å². The largest absolute Gasteiger partial charge is 0.325 e. The van der Waals surface area contributed by atoms with E-state index >= 15 is 0 Å². The summed E-state index contributed by atoms with van der Waals surface area (Å²) in [4.78, 5) is 12.0. The van der Waals surface area contributed by atoms with E-state index in [9.17, 15) is 4.79 Å². The van der Waals surface area contributed by atoms with Crippen molar-refractivity contribution in [1.29, 1.82) is 0 Å². The Balaban J connectivity index is 2.15. The predicted octanol–water partition coefficient (Wildman–Crippen LogP) is 1.28. The summed E-state index contributed by atoms with van der Waals surface area (Å²) in [7, 11) is 0. The quantitative estimate of drug-likeness (QED) is 0.863. The summed E-state index contributed by atoms with van der Waals surface area (Å²) in [6.45, 7) is 6.02. The van der Waals surface area contributed by atoms with Crippen molar-refractivity contribution < 1.29 is 4.79 Å². The maximum absolute atomic E-state index is 12.0. The van der Waals surface area contributed by atoms with Gasteiger partial charge in [-0.05, 0) is 47.4 Å². The standard InChI is InChI=1S/C14H20N6O/c1-9(2)6-12(15)14(21)17-11-5-4-10(3)13(7-11)20-8-16-18-19-20/h4-5,7-9,12H,6,15H2,1-3H3,(H,17,21)/t12-/m1/s1. The van der Waals surface area contributed by atoms with Gasteiger partial charge in [-0.15, -0.1) is 5.10 Å². The minimum Gasteiger partial charge on any atom is -0.325 e. The van der Waals surface area contributed by atoms with Crippen molar-refractivity contribution in [2.75, 3.05) is 5.32 Å². The Bertz CT molecular complexity index is 608. The number of anilines is 1. The molecule has 0 saturated carbocycles. The molecule has 1 heterocycles. The number of hydrogen-bond acceptors (Lipinski definition) is 5. The first-order chi connectivity index (χ1) is 9.97. The normalized spacial score (nSPS) is 12.4. The molecule has 0 radical (unpaired) electrons. The highest BCUT2D eigenvalue weighted by Gasteiger charge is 2.15. The van der Waals surface area contributed by atoms with E-state index in [1.165, 1.54) is 6.33 Å². The van der Waals surface area contributed by atoms with Crippen molar-refractivity contribution in [3.8, 4) is 5.69 Å². The number of aryl methyl sites for hydroxylation is 1. The Morgan fingerprint density at radius 3 is 2.81 bits per heavy atom. The predicted molar refractivity (Wildman–Crippen MR) is 80.0 cm³/mol. The average Bonchev–Trinajstić information content (AvgIpc) is 2.94. The fourth-order valence-electron chi connectivity index (χ4n) is 2.06. The third-order valence-electron chi connectivity index (χ3n) is 3.13. The molecular formula is C14H20N6O. The van der Waals surface area contributed by atoms with Crippen molar-refractivity contribution in [2.24, 2.45) is 11.7 Å². The van der Waals surface area contributed by atoms with Crippen LogP contribution in [0.1, 0.15) is 25.8 Å². The van der Waals surface area contributed by atoms with Crippen molar-refractivity contribution in [3.63, 3.8) is 0 Å². The first kappa shape index (κ1) is 15.1. The summed E-state index contributed by atoms with van der Waals surface area (Å²) in [5, 5.41) is 13.9. The third kappa shape index (κ3) is 3.85. The van der Waals surface area contributed by atoms with E-state index in [4.69, 9.17) is 5.73 Å². The first-order valence-electron chi connectivity index (χ1n) is 6.88. The highest BCUT2D eigenvalue weighted by Crippen LogP contribution is 2.18. The minimum absolute atomic E-state index is 0.185. The Morgan fingerprint density at radius 2 is 2.19 bits per heavy atom. The fraction of sp³-hybridized carbons (Fsp3) is 0.429. The molecule has 1 amide bonds. The van der Waals surface area contributed by atoms with Crippen LogP contribution in [0.4, 0.5) is 5.69 Å². The van der Waals surface area contributed by atoms with E-state index in [1.54, 1.807) is 4.68 Å². The van der Waals surface area contributed by atoms with E-state index in [1.807, 2.05) is 39.0 Å². The number of amides is 1. The number of rotatable bonds is 5. The van der Waals surface area contributed by atoms with E-state index in [-0.39, 0.29) is 5.91 Å². The van der Waals surface area contributed by atoms with Gasteiger partial charge in [0, 0.05) is 5.69 Å². The maximum atomic E-state index is 12.0. The second kappa shape index (κ2) is 6.45. The molecule has 0 aliphatic carbocycles. The zero-order valence-corrected chi connectivity index (χ0v) is 12.4. The van der Waals surface area contributed by atoms with Crippen LogP contribution in [-0.2, 0) is 4.79 Å². The highest BCUT2D eigenvalue weighted by atomic mass is 16.2. The van der Waals surface area contributed by atoms with Gasteiger partial charge in [0.2, 0.25) is 5.91 Å². The molecule has 3 N–H and O–H groups in total. The molecule has 1 atom stereocenters. The molecule has 0 aliphatic rings. The zero-order chi connectivity index (χ0) is 15.4. The molecule has 7 heteroatoms. The molecule has 0 aliphatic heterocycles. The van der Waals surface area contributed by atoms with Crippen LogP contribution in [0.3, 0.4) is 0 Å². The maximum Gasteiger partial charge on any atom is 0.241 e. The van der Waals surface area contributed by atoms with Crippen LogP contribution in [-0.4, -0.2) is 32.2 Å². The Labute approximate surface area is 123 Å². The van der Waals surface area contributed by atoms with Crippen molar-refractivity contribution >= 4 is 11.6 Å². The molecule has 0 unspecified atom stereocenters. The van der Waals surface area contributed by atoms with Gasteiger partial charge in [-0.1, -0.05) is 19.9 Å². The van der Waals surface area contributed by atoms with Gasteiger partial charge in [0.05, 0.1) is 11.7 Å². The molecule has 2 aromatic rings. The van der Waals surface area contributed by atoms with Crippen LogP contribution in [0.5, 0.6) is 0 Å². The molecule has 0 bridgehead atoms. The lowest BCUT2D eigenvalue weighted by Crippen LogP contribution is -2.36. The number of carbonyl (C=O) groups is 1. The molecular weight excluding hydrogens is 268 g/mol. The van der Waals surface area contributed by atoms with Gasteiger partial charge in [-0.2, -0.15) is 0 Å². The molecule has 7 nitrogen and oxygen atoms in total. The SMILES string of the molecule is Cc1ccc(NC(=O)[C@H](N)CC(C)C)cc1-n1cnnn1. The Hall–Kier alpha value is -2.28. The van der Waals surface area contributed by atoms with Gasteiger partial charge in [0.1, 0.15) is 6.33 Å². The van der Waals surface area contributed by atoms with E-state index in [0.717, 1.165) is 11.3 Å². The number of tetrazole rings is 1. The molecule has 21 heavy (non-hydrogen) atoms. The molecule has 1 aromatic carbocycles. The van der Waals surface area contributed by atoms with Gasteiger partial charge in [0.15, 0.2) is 0 Å². The molecule has 0 saturated heterocycles. The number of carbonyl (C=O) groups excluding carboxylic acids is 1. The molecule has 2 rings (SSSR count). The van der Waals surface area contributed by atoms with Crippen molar-refractivity contribution in [1.82, 2.24) is 20.2 Å². The third-order valence-corrected chi connectivity index (χ3v) is 3.13. The zero-order valence-electron chi connectivity index (χ0n) is 12.4. The van der Waals surface area contributed by atoms with E-state index in [2.05, 4.69) is 20.8 Å². The van der Waals surface area contributed by atoms with Gasteiger partial charge < -0.3 is 11.1 Å². The average molecular weight is 288 g/mol. The number of benzene rings is 1. The number of aromatic nitrogens is 4. The summed E-state index contributed by atoms with van der Waals surface area (Å²) >= 11 is 0. The lowest BCUT2D eigenvalue weighted by molar-refractivity contribution is -0.117. The molecule has 0 fully saturated rings. The van der Waals surface area contributed by atoms with Crippen LogP contribution in [0.15, 0.2) is 24.5 Å². The summed E-state index contributed by atoms with van der Waals surface area (Å²) < 4.78 is 1.55. The number of nitrogens with two attached hydrogens (primary N) is 1. The van der Waals surface area contributed by atoms with E-state index in [0.29, 0.717) is 18.0 Å². The van der Waals surface area contributed by atoms with Crippen LogP contribution >= 0.6 is 0 Å². The highest BCUT2D eigenvalue weighted by molar-refractivity contribution is 5.94. The monoisotopic (exact) mass is 288 g/mol. The minimum atomic E-state index is -0.511. The smallest absolute Gasteiger partial charge is 0.241 e. The number of nitrogens with one attached hydrogen (secondary N) is 1. The second-order valence-corrected chi connectivity index (χ2v) is 5.48. The second-order valence-electron chi connectivity index (χ2n) is 5.48. The van der Waals surface area contributed by atoms with Gasteiger partial charge in [-0.25, -0.2) is 4.68 Å². The Kier molecular flexibility index (Phi) is 4.64. The van der Waals surface area contributed by atoms with Crippen LogP contribution in [0.2, 0.25) is 0 Å². The first-order valence-corrected chi connectivity index (χ1v) is 6.88. The molecule has 0 spiro atoms. The van der Waals surface area contributed by atoms with Gasteiger partial charge >= 0.3 is 0 Å². The topological polar surface area (TPSA) is 98.7 Å². The Morgan fingerprint density at radius 1 is 1.43 bits per heavy atom. The molecule has 112 valence electrons. The lowest BCUT2D eigenvalue weighted by atomic mass is 10.0.